The van der Waals surface area contributed by atoms with Crippen LogP contribution in [0, 0.1) is 5.82 Å². The highest BCUT2D eigenvalue weighted by Crippen LogP contribution is 2.44. The summed E-state index contributed by atoms with van der Waals surface area (Å²) in [5.41, 5.74) is 2.52. The Balaban J connectivity index is 1.81. The number of hydrogen-bond donors (Lipinski definition) is 1. The summed E-state index contributed by atoms with van der Waals surface area (Å²) < 4.78 is 20.0. The van der Waals surface area contributed by atoms with Gasteiger partial charge in [-0.3, -0.25) is 4.79 Å². The van der Waals surface area contributed by atoms with Crippen LogP contribution in [0.3, 0.4) is 0 Å². The minimum absolute atomic E-state index is 0.166. The van der Waals surface area contributed by atoms with Gasteiger partial charge in [0.1, 0.15) is 18.0 Å². The average molecular weight is 516 g/mol. The lowest BCUT2D eigenvalue weighted by atomic mass is 9.89. The highest BCUT2D eigenvalue weighted by molar-refractivity contribution is 6.30. The molecule has 0 radical (unpaired) electrons. The van der Waals surface area contributed by atoms with E-state index in [1.807, 2.05) is 31.2 Å². The number of amides is 1. The molecule has 1 saturated heterocycles. The molecule has 0 aliphatic carbocycles. The maximum Gasteiger partial charge on any atom is 0.253 e. The average Bonchev–Trinajstić information content (AvgIpc) is 2.86. The molecule has 4 nitrogen and oxygen atoms in total. The van der Waals surface area contributed by atoms with Gasteiger partial charge in [-0.1, -0.05) is 72.9 Å². The number of nitrogens with zero attached hydrogens (tertiary/aromatic N) is 1. The fourth-order valence-electron chi connectivity index (χ4n) is 4.70. The lowest BCUT2D eigenvalue weighted by molar-refractivity contribution is -0.181. The van der Waals surface area contributed by atoms with Crippen molar-refractivity contribution in [2.45, 2.75) is 50.5 Å². The summed E-state index contributed by atoms with van der Waals surface area (Å²) >= 11 is 12.3. The van der Waals surface area contributed by atoms with Crippen LogP contribution in [0.4, 0.5) is 4.39 Å². The van der Waals surface area contributed by atoms with Gasteiger partial charge in [0.15, 0.2) is 0 Å². The Morgan fingerprint density at radius 2 is 1.51 bits per heavy atom. The number of halogens is 3. The maximum absolute atomic E-state index is 13.9. The van der Waals surface area contributed by atoms with Gasteiger partial charge in [0.2, 0.25) is 0 Å². The topological polar surface area (TPSA) is 49.8 Å². The lowest BCUT2D eigenvalue weighted by Gasteiger charge is -2.48. The molecule has 0 saturated carbocycles. The zero-order valence-electron chi connectivity index (χ0n) is 19.4. The third kappa shape index (κ3) is 5.87. The quantitative estimate of drug-likeness (QED) is 0.370. The van der Waals surface area contributed by atoms with Crippen molar-refractivity contribution in [3.05, 3.63) is 105 Å². The molecule has 0 unspecified atom stereocenters. The lowest BCUT2D eigenvalue weighted by Crippen LogP contribution is -2.56. The summed E-state index contributed by atoms with van der Waals surface area (Å²) in [5.74, 6) is -0.539. The van der Waals surface area contributed by atoms with E-state index in [1.165, 1.54) is 12.1 Å². The molecule has 0 bridgehead atoms. The zero-order chi connectivity index (χ0) is 24.9. The van der Waals surface area contributed by atoms with E-state index < -0.39 is 18.2 Å². The number of carbonyl (C=O) groups is 1. The molecule has 1 N–H and O–H groups in total. The van der Waals surface area contributed by atoms with E-state index in [-0.39, 0.29) is 30.8 Å². The summed E-state index contributed by atoms with van der Waals surface area (Å²) in [7, 11) is 0. The molecule has 1 fully saturated rings. The number of aliphatic hydroxyl groups is 1. The van der Waals surface area contributed by atoms with Crippen LogP contribution in [-0.4, -0.2) is 34.7 Å². The van der Waals surface area contributed by atoms with Gasteiger partial charge in [0.25, 0.3) is 5.91 Å². The molecule has 0 spiro atoms. The fourth-order valence-corrected chi connectivity index (χ4v) is 4.95. The highest BCUT2D eigenvalue weighted by Gasteiger charge is 2.46. The van der Waals surface area contributed by atoms with Gasteiger partial charge in [-0.15, -0.1) is 0 Å². The van der Waals surface area contributed by atoms with Crippen molar-refractivity contribution in [2.24, 2.45) is 0 Å². The molecule has 4 atom stereocenters. The van der Waals surface area contributed by atoms with Crippen LogP contribution in [0.5, 0.6) is 0 Å². The van der Waals surface area contributed by atoms with Crippen LogP contribution in [-0.2, 0) is 16.0 Å². The molecular weight excluding hydrogens is 488 g/mol. The van der Waals surface area contributed by atoms with Crippen LogP contribution in [0.25, 0.3) is 0 Å². The molecule has 1 aliphatic heterocycles. The van der Waals surface area contributed by atoms with Crippen molar-refractivity contribution in [3.63, 3.8) is 0 Å². The Labute approximate surface area is 215 Å². The number of benzene rings is 3. The normalized spacial score (nSPS) is 21.2. The number of rotatable bonds is 8. The number of hydrogen-bond acceptors (Lipinski definition) is 3. The van der Waals surface area contributed by atoms with Crippen LogP contribution < -0.4 is 0 Å². The first-order valence-corrected chi connectivity index (χ1v) is 12.5. The zero-order valence-corrected chi connectivity index (χ0v) is 20.9. The minimum Gasteiger partial charge on any atom is -0.394 e. The van der Waals surface area contributed by atoms with E-state index in [2.05, 4.69) is 0 Å². The Morgan fingerprint density at radius 3 is 2.06 bits per heavy atom. The van der Waals surface area contributed by atoms with Crippen molar-refractivity contribution in [1.82, 2.24) is 4.90 Å². The smallest absolute Gasteiger partial charge is 0.253 e. The van der Waals surface area contributed by atoms with E-state index in [9.17, 15) is 14.3 Å². The Bertz CT molecular complexity index is 1120. The van der Waals surface area contributed by atoms with Gasteiger partial charge < -0.3 is 14.7 Å². The van der Waals surface area contributed by atoms with Gasteiger partial charge in [0, 0.05) is 16.5 Å². The molecular formula is C28H28Cl2FNO3. The van der Waals surface area contributed by atoms with Gasteiger partial charge in [0.05, 0.1) is 18.7 Å². The second kappa shape index (κ2) is 11.5. The maximum atomic E-state index is 13.9. The van der Waals surface area contributed by atoms with Crippen LogP contribution in [0.15, 0.2) is 72.8 Å². The van der Waals surface area contributed by atoms with Gasteiger partial charge >= 0.3 is 0 Å². The van der Waals surface area contributed by atoms with Crippen molar-refractivity contribution < 1.29 is 19.0 Å². The van der Waals surface area contributed by atoms with E-state index in [0.717, 1.165) is 23.1 Å². The molecule has 1 heterocycles. The van der Waals surface area contributed by atoms with Crippen molar-refractivity contribution in [3.8, 4) is 0 Å². The molecule has 1 aliphatic rings. The first kappa shape index (κ1) is 25.6. The number of carbonyl (C=O) groups excluding carboxylic acids is 1. The fraction of sp³-hybridized carbons (Fsp3) is 0.321. The van der Waals surface area contributed by atoms with Gasteiger partial charge in [-0.2, -0.15) is 0 Å². The predicted octanol–water partition coefficient (Wildman–Crippen LogP) is 6.55. The summed E-state index contributed by atoms with van der Waals surface area (Å²) in [6.45, 7) is 1.86. The van der Waals surface area contributed by atoms with Crippen molar-refractivity contribution >= 4 is 29.1 Å². The largest absolute Gasteiger partial charge is 0.394 e. The minimum atomic E-state index is -0.796. The second-order valence-corrected chi connectivity index (χ2v) is 9.67. The van der Waals surface area contributed by atoms with E-state index in [0.29, 0.717) is 16.5 Å². The summed E-state index contributed by atoms with van der Waals surface area (Å²) in [6, 6.07) is 19.9. The molecule has 0 aromatic heterocycles. The highest BCUT2D eigenvalue weighted by atomic mass is 35.5. The molecule has 184 valence electrons. The molecule has 4 rings (SSSR count). The predicted molar refractivity (Wildman–Crippen MR) is 136 cm³/mol. The van der Waals surface area contributed by atoms with Gasteiger partial charge in [-0.25, -0.2) is 4.39 Å². The van der Waals surface area contributed by atoms with Crippen LogP contribution in [0.1, 0.15) is 48.6 Å². The molecule has 7 heteroatoms. The molecule has 1 amide bonds. The summed E-state index contributed by atoms with van der Waals surface area (Å²) in [4.78, 5) is 15.7. The monoisotopic (exact) mass is 515 g/mol. The number of morpholine rings is 1. The second-order valence-electron chi connectivity index (χ2n) is 8.79. The number of aliphatic hydroxyl groups excluding tert-OH is 1. The Hall–Kier alpha value is -2.44. The van der Waals surface area contributed by atoms with Crippen LogP contribution >= 0.6 is 23.2 Å². The molecule has 3 aromatic rings. The first-order valence-electron chi connectivity index (χ1n) is 11.7. The Morgan fingerprint density at radius 1 is 0.943 bits per heavy atom. The third-order valence-corrected chi connectivity index (χ3v) is 6.90. The SMILES string of the molecule is CCC[C@@H](CO)N1C(=O)[C@@H](Cc2ccc(F)cc2)O[C@H](c2ccc(Cl)cc2)[C@@H]1c1ccc(Cl)cc1. The Kier molecular flexibility index (Phi) is 8.45. The standard InChI is InChI=1S/C28H28Cl2FNO3/c1-2-3-24(17-33)32-26(19-6-10-21(29)11-7-19)27(20-8-12-22(30)13-9-20)35-25(28(32)34)16-18-4-14-23(31)15-5-18/h4-15,24-27,33H,2-3,16-17H2,1H3/t24-,25+,26-,27+/m0/s1. The van der Waals surface area contributed by atoms with Gasteiger partial charge in [-0.05, 0) is 59.5 Å². The van der Waals surface area contributed by atoms with E-state index in [4.69, 9.17) is 27.9 Å². The van der Waals surface area contributed by atoms with E-state index >= 15 is 0 Å². The van der Waals surface area contributed by atoms with Crippen molar-refractivity contribution in [2.75, 3.05) is 6.61 Å². The number of ether oxygens (including phenoxy) is 1. The molecule has 35 heavy (non-hydrogen) atoms. The molecule has 3 aromatic carbocycles. The van der Waals surface area contributed by atoms with Crippen molar-refractivity contribution in [1.29, 1.82) is 0 Å². The summed E-state index contributed by atoms with van der Waals surface area (Å²) in [6.07, 6.45) is 0.426. The first-order chi connectivity index (χ1) is 16.9. The third-order valence-electron chi connectivity index (χ3n) is 6.40. The van der Waals surface area contributed by atoms with Crippen LogP contribution in [0.2, 0.25) is 10.0 Å². The van der Waals surface area contributed by atoms with E-state index in [1.54, 1.807) is 41.3 Å². The summed E-state index contributed by atoms with van der Waals surface area (Å²) in [5, 5.41) is 11.5.